The Bertz CT molecular complexity index is 1900. The molecule has 20 nitrogen and oxygen atoms in total. The van der Waals surface area contributed by atoms with E-state index in [1.54, 1.807) is 30.3 Å². The second-order valence-corrected chi connectivity index (χ2v) is 16.6. The molecule has 4 atom stereocenters. The summed E-state index contributed by atoms with van der Waals surface area (Å²) in [6.07, 6.45) is 2.97. The number of Topliss-reactive ketones (excluding diaryl/α,β-unsaturated/α-hetero) is 1. The van der Waals surface area contributed by atoms with Gasteiger partial charge in [0.05, 0.1) is 64.3 Å². The fourth-order valence-corrected chi connectivity index (χ4v) is 6.98. The molecule has 4 unspecified atom stereocenters. The topological polar surface area (TPSA) is 275 Å². The number of amides is 2. The number of rotatable bonds is 27. The summed E-state index contributed by atoms with van der Waals surface area (Å²) in [4.78, 5) is 65.0. The van der Waals surface area contributed by atoms with Gasteiger partial charge in [0.15, 0.2) is 18.9 Å². The Labute approximate surface area is 339 Å². The van der Waals surface area contributed by atoms with Crippen molar-refractivity contribution in [2.24, 2.45) is 0 Å². The summed E-state index contributed by atoms with van der Waals surface area (Å²) in [6, 6.07) is 10.5. The third kappa shape index (κ3) is 15.4. The number of hydrogen-bond acceptors (Lipinski definition) is 13. The molecule has 0 saturated carbocycles. The number of carbonyl (C=O) groups excluding carboxylic acids is 3. The number of hydrogen-bond donors (Lipinski definition) is 7. The number of nitrogens with zero attached hydrogens (tertiary/aromatic N) is 2. The highest BCUT2D eigenvalue weighted by atomic mass is 31.2. The van der Waals surface area contributed by atoms with Crippen LogP contribution in [0.4, 0.5) is 4.39 Å². The molecule has 7 N–H and O–H groups in total. The van der Waals surface area contributed by atoms with Gasteiger partial charge in [0.1, 0.15) is 49.0 Å². The smallest absolute Gasteiger partial charge is 0.492 e. The summed E-state index contributed by atoms with van der Waals surface area (Å²) in [5.41, 5.74) is 1.05. The molecule has 0 radical (unpaired) electrons. The predicted octanol–water partition coefficient (Wildman–Crippen LogP) is -0.0391. The third-order valence-electron chi connectivity index (χ3n) is 8.61. The fourth-order valence-electron chi connectivity index (χ4n) is 5.46. The monoisotopic (exact) mass is 874 g/mol. The minimum Gasteiger partial charge on any atom is -0.492 e. The minimum absolute atomic E-state index is 0.0270. The van der Waals surface area contributed by atoms with Crippen molar-refractivity contribution < 1.29 is 85.8 Å². The van der Waals surface area contributed by atoms with Gasteiger partial charge in [0, 0.05) is 25.6 Å². The summed E-state index contributed by atoms with van der Waals surface area (Å²) >= 11 is 0. The van der Waals surface area contributed by atoms with Gasteiger partial charge in [-0.2, -0.15) is 4.89 Å². The molecule has 324 valence electrons. The van der Waals surface area contributed by atoms with Crippen LogP contribution in [0.2, 0.25) is 0 Å². The molecule has 0 saturated heterocycles. The lowest BCUT2D eigenvalue weighted by molar-refractivity contribution is -0.702. The molecule has 1 aliphatic heterocycles. The highest BCUT2D eigenvalue weighted by Gasteiger charge is 2.65. The SMILES string of the molecule is O=C(CCOCCOCCOCCOCCNC(=O)COc1ccc2c(c1)OCC(c1ccc(F)cc1)C2=O)NCC(O)Cn1cc[n+](CC(O)([P+](=O)O)P(=O)(O)O)c1. The van der Waals surface area contributed by atoms with Crippen molar-refractivity contribution >= 4 is 33.2 Å². The van der Waals surface area contributed by atoms with Crippen LogP contribution in [-0.4, -0.2) is 137 Å². The summed E-state index contributed by atoms with van der Waals surface area (Å²) < 4.78 is 71.6. The summed E-state index contributed by atoms with van der Waals surface area (Å²) in [7, 11) is -8.98. The standard InChI is InChI=1S/C36H47FN4O16P2/c37-27-3-1-26(2-4-27)31-22-57-32-19-29(5-6-30(32)35(31)45)56-23-34(44)38-8-12-53-14-16-55-18-17-54-15-13-52-11-7-33(43)39-20-28(42)21-40-9-10-41(25-40)24-36(46,58(47)48)59(49,50)51/h1-6,9-10,19,25,28,31,42,46H,7-8,11-18,20-24H2,(H3-2,38,39,43,44,47,48,49,50,51)/p+2. The molecule has 2 heterocycles. The lowest BCUT2D eigenvalue weighted by atomic mass is 9.89. The summed E-state index contributed by atoms with van der Waals surface area (Å²) in [5.74, 6) is -1.07. The zero-order chi connectivity index (χ0) is 42.8. The van der Waals surface area contributed by atoms with Crippen molar-refractivity contribution in [2.75, 3.05) is 79.2 Å². The van der Waals surface area contributed by atoms with E-state index >= 15 is 0 Å². The molecule has 59 heavy (non-hydrogen) atoms. The van der Waals surface area contributed by atoms with Gasteiger partial charge in [-0.3, -0.25) is 18.9 Å². The van der Waals surface area contributed by atoms with Crippen LogP contribution in [0.25, 0.3) is 0 Å². The van der Waals surface area contributed by atoms with Crippen LogP contribution in [0.15, 0.2) is 61.2 Å². The number of fused-ring (bicyclic) bond motifs is 1. The minimum atomic E-state index is -5.35. The number of halogens is 1. The van der Waals surface area contributed by atoms with Gasteiger partial charge < -0.3 is 59.1 Å². The molecule has 1 aromatic heterocycles. The van der Waals surface area contributed by atoms with Crippen molar-refractivity contribution in [3.63, 3.8) is 0 Å². The largest absolute Gasteiger partial charge is 0.559 e. The Kier molecular flexibility index (Phi) is 18.9. The van der Waals surface area contributed by atoms with Gasteiger partial charge in [-0.05, 0) is 34.4 Å². The summed E-state index contributed by atoms with van der Waals surface area (Å²) in [6.45, 7) is 1.29. The van der Waals surface area contributed by atoms with E-state index in [9.17, 15) is 52.8 Å². The van der Waals surface area contributed by atoms with Gasteiger partial charge in [0.25, 0.3) is 5.91 Å². The predicted molar refractivity (Wildman–Crippen MR) is 202 cm³/mol. The Morgan fingerprint density at radius 2 is 1.63 bits per heavy atom. The number of aliphatic hydroxyl groups excluding tert-OH is 1. The van der Waals surface area contributed by atoms with Gasteiger partial charge in [0.2, 0.25) is 12.2 Å². The maximum Gasteiger partial charge on any atom is 0.559 e. The molecule has 1 aliphatic rings. The van der Waals surface area contributed by atoms with E-state index in [1.807, 2.05) is 0 Å². The van der Waals surface area contributed by atoms with Crippen LogP contribution in [0.5, 0.6) is 11.5 Å². The number of carbonyl (C=O) groups is 3. The molecular formula is C36H49FN4O16P2+2. The fraction of sp³-hybridized carbons (Fsp3) is 0.500. The van der Waals surface area contributed by atoms with Gasteiger partial charge in [-0.15, -0.1) is 0 Å². The Morgan fingerprint density at radius 3 is 2.27 bits per heavy atom. The Hall–Kier alpha value is -4.24. The highest BCUT2D eigenvalue weighted by molar-refractivity contribution is 7.66. The first-order chi connectivity index (χ1) is 28.2. The number of imidazole rings is 1. The maximum absolute atomic E-state index is 13.3. The number of aliphatic hydroxyl groups is 2. The van der Waals surface area contributed by atoms with Gasteiger partial charge in [-0.1, -0.05) is 12.1 Å². The number of nitrogens with one attached hydrogen (secondary N) is 2. The molecule has 0 bridgehead atoms. The zero-order valence-corrected chi connectivity index (χ0v) is 33.7. The van der Waals surface area contributed by atoms with E-state index in [4.69, 9.17) is 28.4 Å². The molecule has 4 rings (SSSR count). The third-order valence-corrected chi connectivity index (χ3v) is 11.7. The quantitative estimate of drug-likeness (QED) is 0.0301. The molecule has 0 spiro atoms. The van der Waals surface area contributed by atoms with E-state index < -0.39 is 39.3 Å². The number of aromatic nitrogens is 2. The van der Waals surface area contributed by atoms with Crippen LogP contribution < -0.4 is 24.7 Å². The van der Waals surface area contributed by atoms with Crippen LogP contribution in [0.3, 0.4) is 0 Å². The Balaban J connectivity index is 0.925. The van der Waals surface area contributed by atoms with Crippen LogP contribution >= 0.6 is 15.6 Å². The van der Waals surface area contributed by atoms with E-state index in [0.29, 0.717) is 49.1 Å². The summed E-state index contributed by atoms with van der Waals surface area (Å²) in [5, 5.41) is 22.3. The Morgan fingerprint density at radius 1 is 0.983 bits per heavy atom. The molecule has 2 amide bonds. The van der Waals surface area contributed by atoms with Crippen LogP contribution in [0, 0.1) is 5.82 Å². The number of ether oxygens (including phenoxy) is 6. The lowest BCUT2D eigenvalue weighted by Gasteiger charge is -2.24. The van der Waals surface area contributed by atoms with Crippen molar-refractivity contribution in [1.82, 2.24) is 15.2 Å². The number of ketones is 1. The molecule has 2 aromatic carbocycles. The second kappa shape index (κ2) is 23.5. The normalized spacial score (nSPS) is 15.7. The maximum atomic E-state index is 13.3. The van der Waals surface area contributed by atoms with E-state index in [2.05, 4.69) is 10.6 Å². The van der Waals surface area contributed by atoms with Crippen molar-refractivity contribution in [3.05, 3.63) is 78.1 Å². The molecule has 0 aliphatic carbocycles. The van der Waals surface area contributed by atoms with Crippen LogP contribution in [-0.2, 0) is 50.8 Å². The van der Waals surface area contributed by atoms with Crippen LogP contribution in [0.1, 0.15) is 28.3 Å². The van der Waals surface area contributed by atoms with E-state index in [0.717, 1.165) is 4.57 Å². The zero-order valence-electron chi connectivity index (χ0n) is 31.9. The molecule has 0 fully saturated rings. The van der Waals surface area contributed by atoms with E-state index in [1.165, 1.54) is 35.4 Å². The average Bonchev–Trinajstić information content (AvgIpc) is 3.63. The van der Waals surface area contributed by atoms with Crippen molar-refractivity contribution in [2.45, 2.75) is 36.6 Å². The van der Waals surface area contributed by atoms with Crippen molar-refractivity contribution in [3.8, 4) is 11.5 Å². The van der Waals surface area contributed by atoms with Gasteiger partial charge >= 0.3 is 20.7 Å². The highest BCUT2D eigenvalue weighted by Crippen LogP contribution is 2.60. The first kappa shape index (κ1) is 47.4. The van der Waals surface area contributed by atoms with E-state index in [-0.39, 0.29) is 89.1 Å². The van der Waals surface area contributed by atoms with Crippen molar-refractivity contribution in [1.29, 1.82) is 0 Å². The molecule has 3 aromatic rings. The average molecular weight is 875 g/mol. The molecule has 23 heteroatoms. The lowest BCUT2D eigenvalue weighted by Crippen LogP contribution is -2.44. The first-order valence-corrected chi connectivity index (χ1v) is 21.2. The number of benzene rings is 2. The molecular weight excluding hydrogens is 825 g/mol. The second-order valence-electron chi connectivity index (χ2n) is 13.1. The van der Waals surface area contributed by atoms with Gasteiger partial charge in [-0.25, -0.2) is 13.5 Å². The first-order valence-electron chi connectivity index (χ1n) is 18.4.